The number of rotatable bonds is 13. The molecule has 3 amide bonds. The molecule has 1 aliphatic heterocycles. The van der Waals surface area contributed by atoms with E-state index in [0.717, 1.165) is 5.56 Å². The Bertz CT molecular complexity index is 1460. The topological polar surface area (TPSA) is 178 Å². The molecule has 0 radical (unpaired) electrons. The van der Waals surface area contributed by atoms with E-state index in [9.17, 15) is 33.9 Å². The number of allylic oxidation sites excluding steroid dienone is 1. The van der Waals surface area contributed by atoms with Crippen LogP contribution in [0.3, 0.4) is 0 Å². The summed E-state index contributed by atoms with van der Waals surface area (Å²) in [5.74, 6) is -2.54. The van der Waals surface area contributed by atoms with Gasteiger partial charge in [0, 0.05) is 31.3 Å². The second-order valence-electron chi connectivity index (χ2n) is 11.9. The summed E-state index contributed by atoms with van der Waals surface area (Å²) in [6, 6.07) is 6.84. The molecule has 1 aliphatic rings. The van der Waals surface area contributed by atoms with Crippen LogP contribution in [0.1, 0.15) is 67.4 Å². The smallest absolute Gasteiger partial charge is 0.291 e. The molecule has 12 nitrogen and oxygen atoms in total. The number of aliphatic hydroxyl groups is 1. The average molecular weight is 625 g/mol. The zero-order valence-electron chi connectivity index (χ0n) is 26.2. The van der Waals surface area contributed by atoms with Crippen molar-refractivity contribution in [2.75, 3.05) is 13.1 Å². The van der Waals surface area contributed by atoms with Crippen molar-refractivity contribution in [2.45, 2.75) is 78.2 Å². The molecule has 4 N–H and O–H groups in total. The SMILES string of the molecule is Cc1ccc(CNC(=O)[C@H](CC2CCN(C(=O)C(C#N)=CC(C)C)CC2)N[C@](C=O)(NC(=O)c2cc(C)no2)[C@@H](C)O)c(F)c1. The maximum absolute atomic E-state index is 14.5. The van der Waals surface area contributed by atoms with E-state index in [1.807, 2.05) is 19.9 Å². The number of nitrogens with zero attached hydrogens (tertiary/aromatic N) is 3. The van der Waals surface area contributed by atoms with Crippen molar-refractivity contribution >= 4 is 24.0 Å². The first-order valence-corrected chi connectivity index (χ1v) is 14.9. The molecule has 1 fully saturated rings. The molecule has 1 aromatic heterocycles. The maximum Gasteiger partial charge on any atom is 0.291 e. The van der Waals surface area contributed by atoms with E-state index in [1.54, 1.807) is 37.0 Å². The third kappa shape index (κ3) is 9.29. The highest BCUT2D eigenvalue weighted by atomic mass is 19.1. The van der Waals surface area contributed by atoms with Crippen LogP contribution in [0.15, 0.2) is 40.4 Å². The quantitative estimate of drug-likeness (QED) is 0.113. The number of hydrogen-bond acceptors (Lipinski definition) is 9. The molecule has 1 saturated heterocycles. The number of carbonyl (C=O) groups is 4. The average Bonchev–Trinajstić information content (AvgIpc) is 3.44. The molecule has 45 heavy (non-hydrogen) atoms. The lowest BCUT2D eigenvalue weighted by Gasteiger charge is -2.38. The highest BCUT2D eigenvalue weighted by Gasteiger charge is 2.42. The molecule has 2 heterocycles. The van der Waals surface area contributed by atoms with Crippen molar-refractivity contribution in [1.82, 2.24) is 26.0 Å². The Hall–Kier alpha value is -4.41. The fourth-order valence-electron chi connectivity index (χ4n) is 5.13. The van der Waals surface area contributed by atoms with E-state index in [1.165, 1.54) is 19.1 Å². The number of likely N-dealkylation sites (tertiary alicyclic amines) is 1. The zero-order chi connectivity index (χ0) is 33.3. The Morgan fingerprint density at radius 1 is 1.22 bits per heavy atom. The first-order chi connectivity index (χ1) is 21.3. The first kappa shape index (κ1) is 35.1. The standard InChI is InChI=1S/C32H41FN6O6/c1-19(2)12-25(16-34)31(44)39-10-8-23(9-11-39)15-27(29(42)35-17-24-7-6-20(3)13-26(24)33)36-32(18-40,22(5)41)37-30(43)28-14-21(4)38-45-28/h6-7,12-14,18-19,22-23,27,36,41H,8-11,15,17H2,1-5H3,(H,35,42)(H,37,43)/t22-,27+,32-/m1/s1. The van der Waals surface area contributed by atoms with Gasteiger partial charge in [-0.25, -0.2) is 4.39 Å². The predicted octanol–water partition coefficient (Wildman–Crippen LogP) is 2.45. The highest BCUT2D eigenvalue weighted by Crippen LogP contribution is 2.25. The molecule has 0 unspecified atom stereocenters. The van der Waals surface area contributed by atoms with Gasteiger partial charge in [-0.05, 0) is 63.5 Å². The van der Waals surface area contributed by atoms with E-state index in [-0.39, 0.29) is 47.6 Å². The van der Waals surface area contributed by atoms with Gasteiger partial charge in [-0.3, -0.25) is 24.5 Å². The zero-order valence-corrected chi connectivity index (χ0v) is 26.2. The molecule has 242 valence electrons. The fourth-order valence-corrected chi connectivity index (χ4v) is 5.13. The van der Waals surface area contributed by atoms with Crippen molar-refractivity contribution in [3.05, 3.63) is 64.3 Å². The van der Waals surface area contributed by atoms with Crippen molar-refractivity contribution in [2.24, 2.45) is 11.8 Å². The number of aryl methyl sites for hydroxylation is 2. The number of hydrogen-bond donors (Lipinski definition) is 4. The third-order valence-electron chi connectivity index (χ3n) is 7.73. The lowest BCUT2D eigenvalue weighted by molar-refractivity contribution is -0.130. The van der Waals surface area contributed by atoms with Crippen LogP contribution in [0, 0.1) is 42.8 Å². The summed E-state index contributed by atoms with van der Waals surface area (Å²) >= 11 is 0. The summed E-state index contributed by atoms with van der Waals surface area (Å²) in [5, 5.41) is 31.8. The number of nitrogens with one attached hydrogen (secondary N) is 3. The lowest BCUT2D eigenvalue weighted by atomic mass is 9.88. The number of benzene rings is 1. The second-order valence-corrected chi connectivity index (χ2v) is 11.9. The van der Waals surface area contributed by atoms with Crippen LogP contribution >= 0.6 is 0 Å². The molecular formula is C32H41FN6O6. The third-order valence-corrected chi connectivity index (χ3v) is 7.73. The summed E-state index contributed by atoms with van der Waals surface area (Å²) in [6.45, 7) is 8.95. The summed E-state index contributed by atoms with van der Waals surface area (Å²) in [6.07, 6.45) is 1.59. The molecule has 13 heteroatoms. The Labute approximate surface area is 262 Å². The second kappa shape index (κ2) is 15.5. The van der Waals surface area contributed by atoms with Gasteiger partial charge in [0.15, 0.2) is 11.9 Å². The largest absolute Gasteiger partial charge is 0.389 e. The summed E-state index contributed by atoms with van der Waals surface area (Å²) < 4.78 is 19.5. The number of nitriles is 1. The van der Waals surface area contributed by atoms with Crippen LogP contribution in [0.4, 0.5) is 4.39 Å². The molecule has 0 aliphatic carbocycles. The van der Waals surface area contributed by atoms with E-state index in [4.69, 9.17) is 4.52 Å². The van der Waals surface area contributed by atoms with Gasteiger partial charge in [-0.1, -0.05) is 37.2 Å². The minimum atomic E-state index is -2.10. The van der Waals surface area contributed by atoms with Gasteiger partial charge in [-0.15, -0.1) is 0 Å². The molecular weight excluding hydrogens is 583 g/mol. The normalized spacial score (nSPS) is 16.8. The minimum Gasteiger partial charge on any atom is -0.389 e. The number of aromatic nitrogens is 1. The van der Waals surface area contributed by atoms with Crippen LogP contribution < -0.4 is 16.0 Å². The van der Waals surface area contributed by atoms with Crippen LogP contribution in [-0.4, -0.2) is 70.1 Å². The van der Waals surface area contributed by atoms with Crippen LogP contribution in [0.2, 0.25) is 0 Å². The minimum absolute atomic E-state index is 0.0282. The van der Waals surface area contributed by atoms with Gasteiger partial charge in [0.2, 0.25) is 11.7 Å². The summed E-state index contributed by atoms with van der Waals surface area (Å²) in [7, 11) is 0. The van der Waals surface area contributed by atoms with Crippen molar-refractivity contribution < 1.29 is 33.2 Å². The van der Waals surface area contributed by atoms with Crippen molar-refractivity contribution in [3.8, 4) is 6.07 Å². The van der Waals surface area contributed by atoms with E-state index in [0.29, 0.717) is 37.9 Å². The Morgan fingerprint density at radius 3 is 2.44 bits per heavy atom. The monoisotopic (exact) mass is 624 g/mol. The Kier molecular flexibility index (Phi) is 12.1. The maximum atomic E-state index is 14.5. The fraction of sp³-hybridized carbons (Fsp3) is 0.500. The van der Waals surface area contributed by atoms with Crippen LogP contribution in [0.5, 0.6) is 0 Å². The lowest BCUT2D eigenvalue weighted by Crippen LogP contribution is -2.70. The number of carbonyl (C=O) groups excluding carboxylic acids is 4. The number of aldehydes is 1. The molecule has 3 atom stereocenters. The van der Waals surface area contributed by atoms with Crippen LogP contribution in [0.25, 0.3) is 0 Å². The Morgan fingerprint density at radius 2 is 1.91 bits per heavy atom. The number of amides is 3. The van der Waals surface area contributed by atoms with Gasteiger partial charge >= 0.3 is 0 Å². The summed E-state index contributed by atoms with van der Waals surface area (Å²) in [4.78, 5) is 53.5. The predicted molar refractivity (Wildman–Crippen MR) is 162 cm³/mol. The van der Waals surface area contributed by atoms with Gasteiger partial charge in [0.1, 0.15) is 17.5 Å². The van der Waals surface area contributed by atoms with Gasteiger partial charge in [0.25, 0.3) is 11.8 Å². The van der Waals surface area contributed by atoms with Gasteiger partial charge in [-0.2, -0.15) is 5.26 Å². The number of halogens is 1. The molecule has 2 aromatic rings. The summed E-state index contributed by atoms with van der Waals surface area (Å²) in [5.41, 5.74) is -0.619. The van der Waals surface area contributed by atoms with Crippen molar-refractivity contribution in [1.29, 1.82) is 5.26 Å². The van der Waals surface area contributed by atoms with E-state index >= 15 is 0 Å². The first-order valence-electron chi connectivity index (χ1n) is 14.9. The van der Waals surface area contributed by atoms with E-state index in [2.05, 4.69) is 21.1 Å². The number of aliphatic hydroxyl groups excluding tert-OH is 1. The number of piperidine rings is 1. The van der Waals surface area contributed by atoms with Crippen molar-refractivity contribution in [3.63, 3.8) is 0 Å². The molecule has 1 aromatic carbocycles. The Balaban J connectivity index is 1.82. The molecule has 0 spiro atoms. The van der Waals surface area contributed by atoms with E-state index < -0.39 is 35.4 Å². The molecule has 0 saturated carbocycles. The van der Waals surface area contributed by atoms with Gasteiger partial charge < -0.3 is 25.2 Å². The van der Waals surface area contributed by atoms with Crippen LogP contribution in [-0.2, 0) is 20.9 Å². The van der Waals surface area contributed by atoms with Gasteiger partial charge in [0.05, 0.1) is 17.8 Å². The molecule has 3 rings (SSSR count). The highest BCUT2D eigenvalue weighted by molar-refractivity contribution is 5.97. The molecule has 0 bridgehead atoms.